The average molecular weight is 326 g/mol. The molecule has 0 fully saturated rings. The molecular weight excluding hydrogens is 315 g/mol. The van der Waals surface area contributed by atoms with E-state index in [1.54, 1.807) is 18.2 Å². The monoisotopic (exact) mass is 326 g/mol. The molecule has 0 heterocycles. The van der Waals surface area contributed by atoms with Crippen molar-refractivity contribution >= 4 is 22.6 Å². The van der Waals surface area contributed by atoms with Crippen LogP contribution in [0.25, 0.3) is 0 Å². The van der Waals surface area contributed by atoms with Gasteiger partial charge in [-0.15, -0.1) is 0 Å². The van der Waals surface area contributed by atoms with Crippen LogP contribution in [0.5, 0.6) is 11.5 Å². The van der Waals surface area contributed by atoms with Crippen LogP contribution in [0.4, 0.5) is 0 Å². The molecule has 2 aromatic carbocycles. The zero-order chi connectivity index (χ0) is 11.4. The van der Waals surface area contributed by atoms with Gasteiger partial charge in [-0.05, 0) is 40.8 Å². The molecule has 0 bridgehead atoms. The minimum atomic E-state index is 0.174. The van der Waals surface area contributed by atoms with Crippen LogP contribution >= 0.6 is 22.6 Å². The molecule has 2 nitrogen and oxygen atoms in total. The second-order valence-electron chi connectivity index (χ2n) is 3.35. The van der Waals surface area contributed by atoms with E-state index in [-0.39, 0.29) is 5.75 Å². The first-order valence-electron chi connectivity index (χ1n) is 4.91. The molecule has 0 amide bonds. The van der Waals surface area contributed by atoms with E-state index in [0.29, 0.717) is 12.4 Å². The van der Waals surface area contributed by atoms with Crippen LogP contribution in [0.15, 0.2) is 48.5 Å². The fourth-order valence-electron chi connectivity index (χ4n) is 1.35. The van der Waals surface area contributed by atoms with Crippen molar-refractivity contribution in [2.24, 2.45) is 0 Å². The molecule has 0 radical (unpaired) electrons. The highest BCUT2D eigenvalue weighted by Crippen LogP contribution is 2.25. The Morgan fingerprint density at radius 3 is 2.44 bits per heavy atom. The fraction of sp³-hybridized carbons (Fsp3) is 0.0769. The smallest absolute Gasteiger partial charge is 0.161 e. The molecule has 0 saturated carbocycles. The number of benzene rings is 2. The van der Waals surface area contributed by atoms with Gasteiger partial charge in [0.05, 0.1) is 0 Å². The van der Waals surface area contributed by atoms with E-state index in [4.69, 9.17) is 4.74 Å². The Bertz CT molecular complexity index is 437. The lowest BCUT2D eigenvalue weighted by Gasteiger charge is -2.08. The van der Waals surface area contributed by atoms with Crippen molar-refractivity contribution in [3.63, 3.8) is 0 Å². The predicted molar refractivity (Wildman–Crippen MR) is 71.6 cm³/mol. The normalized spacial score (nSPS) is 10.1. The van der Waals surface area contributed by atoms with Crippen molar-refractivity contribution in [3.05, 3.63) is 57.7 Å². The van der Waals surface area contributed by atoms with Crippen molar-refractivity contribution in [2.75, 3.05) is 0 Å². The molecule has 0 aliphatic heterocycles. The average Bonchev–Trinajstić information content (AvgIpc) is 2.30. The molecular formula is C13H11IO2. The summed E-state index contributed by atoms with van der Waals surface area (Å²) < 4.78 is 6.71. The number of aromatic hydroxyl groups is 1. The Hall–Kier alpha value is -1.23. The minimum Gasteiger partial charge on any atom is -0.504 e. The van der Waals surface area contributed by atoms with Crippen molar-refractivity contribution < 1.29 is 9.84 Å². The lowest BCUT2D eigenvalue weighted by Crippen LogP contribution is -1.97. The number of hydrogen-bond acceptors (Lipinski definition) is 2. The second kappa shape index (κ2) is 5.21. The third-order valence-corrected chi connectivity index (χ3v) is 3.26. The summed E-state index contributed by atoms with van der Waals surface area (Å²) in [7, 11) is 0. The number of rotatable bonds is 3. The molecule has 0 atom stereocenters. The van der Waals surface area contributed by atoms with Gasteiger partial charge in [0.15, 0.2) is 11.5 Å². The summed E-state index contributed by atoms with van der Waals surface area (Å²) in [5, 5.41) is 9.53. The maximum atomic E-state index is 9.53. The number of phenols is 1. The quantitative estimate of drug-likeness (QED) is 0.874. The van der Waals surface area contributed by atoms with E-state index >= 15 is 0 Å². The Morgan fingerprint density at radius 2 is 1.69 bits per heavy atom. The third-order valence-electron chi connectivity index (χ3n) is 2.21. The zero-order valence-corrected chi connectivity index (χ0v) is 10.7. The minimum absolute atomic E-state index is 0.174. The molecule has 0 aliphatic carbocycles. The summed E-state index contributed by atoms with van der Waals surface area (Å²) in [6, 6.07) is 15.0. The van der Waals surface area contributed by atoms with Crippen molar-refractivity contribution in [2.45, 2.75) is 6.61 Å². The molecule has 0 saturated heterocycles. The number of halogens is 1. The van der Waals surface area contributed by atoms with Gasteiger partial charge in [-0.1, -0.05) is 30.3 Å². The highest BCUT2D eigenvalue weighted by molar-refractivity contribution is 14.1. The lowest BCUT2D eigenvalue weighted by molar-refractivity contribution is 0.288. The van der Waals surface area contributed by atoms with Crippen LogP contribution in [-0.2, 0) is 6.61 Å². The van der Waals surface area contributed by atoms with Crippen LogP contribution in [0.2, 0.25) is 0 Å². The first-order chi connectivity index (χ1) is 7.77. The number of phenolic OH excluding ortho intramolecular Hbond substituents is 1. The van der Waals surface area contributed by atoms with Crippen LogP contribution in [-0.4, -0.2) is 5.11 Å². The molecule has 3 heteroatoms. The van der Waals surface area contributed by atoms with E-state index in [1.165, 1.54) is 0 Å². The van der Waals surface area contributed by atoms with Crippen molar-refractivity contribution in [1.29, 1.82) is 0 Å². The van der Waals surface area contributed by atoms with E-state index < -0.39 is 0 Å². The van der Waals surface area contributed by atoms with Gasteiger partial charge < -0.3 is 9.84 Å². The van der Waals surface area contributed by atoms with Crippen LogP contribution in [0.1, 0.15) is 5.56 Å². The lowest BCUT2D eigenvalue weighted by atomic mass is 10.2. The van der Waals surface area contributed by atoms with E-state index in [9.17, 15) is 5.11 Å². The Kier molecular flexibility index (Phi) is 3.66. The van der Waals surface area contributed by atoms with Gasteiger partial charge in [0.1, 0.15) is 6.61 Å². The molecule has 2 rings (SSSR count). The summed E-state index contributed by atoms with van der Waals surface area (Å²) >= 11 is 2.27. The number of ether oxygens (including phenoxy) is 1. The molecule has 0 unspecified atom stereocenters. The van der Waals surface area contributed by atoms with Gasteiger partial charge in [0.2, 0.25) is 0 Å². The molecule has 0 spiro atoms. The van der Waals surface area contributed by atoms with Gasteiger partial charge in [-0.3, -0.25) is 0 Å². The maximum absolute atomic E-state index is 9.53. The number of para-hydroxylation sites is 2. The van der Waals surface area contributed by atoms with Crippen molar-refractivity contribution in [3.8, 4) is 11.5 Å². The van der Waals surface area contributed by atoms with Crippen molar-refractivity contribution in [1.82, 2.24) is 0 Å². The van der Waals surface area contributed by atoms with Crippen LogP contribution in [0, 0.1) is 3.57 Å². The molecule has 2 aromatic rings. The molecule has 1 N–H and O–H groups in total. The predicted octanol–water partition coefficient (Wildman–Crippen LogP) is 3.58. The second-order valence-corrected chi connectivity index (χ2v) is 4.51. The molecule has 82 valence electrons. The van der Waals surface area contributed by atoms with Crippen LogP contribution < -0.4 is 4.74 Å². The SMILES string of the molecule is Oc1ccccc1OCc1ccccc1I. The zero-order valence-electron chi connectivity index (χ0n) is 8.56. The van der Waals surface area contributed by atoms with Gasteiger partial charge in [-0.2, -0.15) is 0 Å². The first kappa shape index (κ1) is 11.3. The highest BCUT2D eigenvalue weighted by atomic mass is 127. The summed E-state index contributed by atoms with van der Waals surface area (Å²) in [5.74, 6) is 0.690. The Morgan fingerprint density at radius 1 is 1.00 bits per heavy atom. The van der Waals surface area contributed by atoms with Gasteiger partial charge in [0, 0.05) is 9.13 Å². The molecule has 16 heavy (non-hydrogen) atoms. The van der Waals surface area contributed by atoms with Gasteiger partial charge in [-0.25, -0.2) is 0 Å². The third kappa shape index (κ3) is 2.66. The standard InChI is InChI=1S/C13H11IO2/c14-11-6-2-1-5-10(11)9-16-13-8-4-3-7-12(13)15/h1-8,15H,9H2. The summed E-state index contributed by atoms with van der Waals surface area (Å²) in [6.07, 6.45) is 0. The Labute approximate surface area is 108 Å². The first-order valence-corrected chi connectivity index (χ1v) is 5.99. The molecule has 0 aliphatic rings. The summed E-state index contributed by atoms with van der Waals surface area (Å²) in [5.41, 5.74) is 1.12. The largest absolute Gasteiger partial charge is 0.504 e. The Balaban J connectivity index is 2.09. The summed E-state index contributed by atoms with van der Waals surface area (Å²) in [4.78, 5) is 0. The molecule has 0 aromatic heterocycles. The van der Waals surface area contributed by atoms with Gasteiger partial charge in [0.25, 0.3) is 0 Å². The highest BCUT2D eigenvalue weighted by Gasteiger charge is 2.02. The van der Waals surface area contributed by atoms with E-state index in [2.05, 4.69) is 22.6 Å². The fourth-order valence-corrected chi connectivity index (χ4v) is 1.89. The maximum Gasteiger partial charge on any atom is 0.161 e. The number of hydrogen-bond donors (Lipinski definition) is 1. The topological polar surface area (TPSA) is 29.5 Å². The van der Waals surface area contributed by atoms with E-state index in [0.717, 1.165) is 9.13 Å². The summed E-state index contributed by atoms with van der Waals surface area (Å²) in [6.45, 7) is 0.469. The van der Waals surface area contributed by atoms with Crippen LogP contribution in [0.3, 0.4) is 0 Å². The van der Waals surface area contributed by atoms with Gasteiger partial charge >= 0.3 is 0 Å². The van der Waals surface area contributed by atoms with E-state index in [1.807, 2.05) is 30.3 Å².